The van der Waals surface area contributed by atoms with E-state index in [1.807, 2.05) is 0 Å². The van der Waals surface area contributed by atoms with Gasteiger partial charge in [0.1, 0.15) is 0 Å². The van der Waals surface area contributed by atoms with Gasteiger partial charge in [-0.05, 0) is 43.9 Å². The minimum atomic E-state index is 0.665. The standard InChI is InChI=1S/C17H26N2/c1-2-7-14-8-3-4-9-15(14)18-16-11-13-19-12-6-5-10-17(16)19/h3-4,8-9,16-18H,2,5-7,10-13H2,1H3. The van der Waals surface area contributed by atoms with Gasteiger partial charge in [0, 0.05) is 24.3 Å². The molecule has 104 valence electrons. The van der Waals surface area contributed by atoms with Crippen molar-refractivity contribution in [2.24, 2.45) is 0 Å². The van der Waals surface area contributed by atoms with Gasteiger partial charge in [-0.25, -0.2) is 0 Å². The molecule has 0 aliphatic carbocycles. The summed E-state index contributed by atoms with van der Waals surface area (Å²) in [7, 11) is 0. The lowest BCUT2D eigenvalue weighted by Crippen LogP contribution is -2.41. The third-order valence-corrected chi connectivity index (χ3v) is 4.73. The Hall–Kier alpha value is -1.02. The van der Waals surface area contributed by atoms with Crippen LogP contribution >= 0.6 is 0 Å². The van der Waals surface area contributed by atoms with E-state index in [9.17, 15) is 0 Å². The molecule has 2 nitrogen and oxygen atoms in total. The second kappa shape index (κ2) is 5.96. The Morgan fingerprint density at radius 1 is 1.16 bits per heavy atom. The zero-order valence-electron chi connectivity index (χ0n) is 12.1. The molecular formula is C17H26N2. The average molecular weight is 258 g/mol. The molecule has 2 atom stereocenters. The topological polar surface area (TPSA) is 15.3 Å². The van der Waals surface area contributed by atoms with Gasteiger partial charge in [-0.2, -0.15) is 0 Å². The smallest absolute Gasteiger partial charge is 0.0429 e. The van der Waals surface area contributed by atoms with Crippen LogP contribution in [0.25, 0.3) is 0 Å². The number of nitrogens with zero attached hydrogens (tertiary/aromatic N) is 1. The van der Waals surface area contributed by atoms with Gasteiger partial charge in [0.05, 0.1) is 0 Å². The number of hydrogen-bond acceptors (Lipinski definition) is 2. The molecule has 2 aliphatic heterocycles. The zero-order chi connectivity index (χ0) is 13.1. The molecule has 2 fully saturated rings. The maximum Gasteiger partial charge on any atom is 0.0429 e. The maximum atomic E-state index is 3.85. The highest BCUT2D eigenvalue weighted by Gasteiger charge is 2.35. The van der Waals surface area contributed by atoms with Crippen LogP contribution in [0.3, 0.4) is 0 Å². The summed E-state index contributed by atoms with van der Waals surface area (Å²) in [4.78, 5) is 2.70. The van der Waals surface area contributed by atoms with E-state index in [4.69, 9.17) is 0 Å². The second-order valence-electron chi connectivity index (χ2n) is 6.05. The second-order valence-corrected chi connectivity index (χ2v) is 6.05. The van der Waals surface area contributed by atoms with Crippen molar-refractivity contribution in [3.05, 3.63) is 29.8 Å². The summed E-state index contributed by atoms with van der Waals surface area (Å²) < 4.78 is 0. The summed E-state index contributed by atoms with van der Waals surface area (Å²) in [5.74, 6) is 0. The van der Waals surface area contributed by atoms with E-state index in [1.54, 1.807) is 0 Å². The van der Waals surface area contributed by atoms with Crippen molar-refractivity contribution >= 4 is 5.69 Å². The van der Waals surface area contributed by atoms with Crippen molar-refractivity contribution in [3.63, 3.8) is 0 Å². The number of benzene rings is 1. The third-order valence-electron chi connectivity index (χ3n) is 4.73. The monoisotopic (exact) mass is 258 g/mol. The van der Waals surface area contributed by atoms with Gasteiger partial charge in [-0.15, -0.1) is 0 Å². The maximum absolute atomic E-state index is 3.85. The fraction of sp³-hybridized carbons (Fsp3) is 0.647. The SMILES string of the molecule is CCCc1ccccc1NC1CCN2CCCCC12. The van der Waals surface area contributed by atoms with Crippen LogP contribution in [0.4, 0.5) is 5.69 Å². The first kappa shape index (κ1) is 13.0. The van der Waals surface area contributed by atoms with E-state index in [-0.39, 0.29) is 0 Å². The van der Waals surface area contributed by atoms with Crippen LogP contribution in [0.15, 0.2) is 24.3 Å². The van der Waals surface area contributed by atoms with Crippen LogP contribution < -0.4 is 5.32 Å². The Morgan fingerprint density at radius 2 is 2.05 bits per heavy atom. The van der Waals surface area contributed by atoms with Crippen molar-refractivity contribution in [2.45, 2.75) is 57.5 Å². The summed E-state index contributed by atoms with van der Waals surface area (Å²) in [6.45, 7) is 4.87. The van der Waals surface area contributed by atoms with Gasteiger partial charge in [-0.3, -0.25) is 4.90 Å². The van der Waals surface area contributed by atoms with Gasteiger partial charge in [0.25, 0.3) is 0 Å². The van der Waals surface area contributed by atoms with Gasteiger partial charge >= 0.3 is 0 Å². The van der Waals surface area contributed by atoms with Gasteiger partial charge in [-0.1, -0.05) is 38.0 Å². The zero-order valence-corrected chi connectivity index (χ0v) is 12.1. The lowest BCUT2D eigenvalue weighted by molar-refractivity contribution is 0.192. The Bertz CT molecular complexity index is 415. The van der Waals surface area contributed by atoms with Gasteiger partial charge in [0.2, 0.25) is 0 Å². The fourth-order valence-corrected chi connectivity index (χ4v) is 3.76. The molecule has 2 unspecified atom stereocenters. The molecular weight excluding hydrogens is 232 g/mol. The average Bonchev–Trinajstić information content (AvgIpc) is 2.85. The highest BCUT2D eigenvalue weighted by atomic mass is 15.2. The van der Waals surface area contributed by atoms with Gasteiger partial charge < -0.3 is 5.32 Å². The lowest BCUT2D eigenvalue weighted by Gasteiger charge is -2.33. The number of fused-ring (bicyclic) bond motifs is 1. The van der Waals surface area contributed by atoms with Crippen molar-refractivity contribution in [2.75, 3.05) is 18.4 Å². The van der Waals surface area contributed by atoms with Gasteiger partial charge in [0.15, 0.2) is 0 Å². The molecule has 3 rings (SSSR count). The van der Waals surface area contributed by atoms with Crippen LogP contribution in [0.5, 0.6) is 0 Å². The van der Waals surface area contributed by atoms with E-state index in [0.717, 1.165) is 6.04 Å². The predicted molar refractivity (Wildman–Crippen MR) is 81.7 cm³/mol. The summed E-state index contributed by atoms with van der Waals surface area (Å²) in [5, 5.41) is 3.85. The Kier molecular flexibility index (Phi) is 4.07. The van der Waals surface area contributed by atoms with E-state index < -0.39 is 0 Å². The van der Waals surface area contributed by atoms with Crippen LogP contribution in [0.2, 0.25) is 0 Å². The number of hydrogen-bond donors (Lipinski definition) is 1. The molecule has 1 aromatic rings. The van der Waals surface area contributed by atoms with Crippen LogP contribution in [-0.4, -0.2) is 30.1 Å². The summed E-state index contributed by atoms with van der Waals surface area (Å²) in [6, 6.07) is 10.3. The Morgan fingerprint density at radius 3 is 2.95 bits per heavy atom. The molecule has 0 saturated carbocycles. The molecule has 1 aromatic carbocycles. The highest BCUT2D eigenvalue weighted by Crippen LogP contribution is 2.30. The molecule has 0 aromatic heterocycles. The minimum Gasteiger partial charge on any atom is -0.380 e. The highest BCUT2D eigenvalue weighted by molar-refractivity contribution is 5.52. The van der Waals surface area contributed by atoms with Crippen LogP contribution in [0.1, 0.15) is 44.6 Å². The van der Waals surface area contributed by atoms with Crippen LogP contribution in [-0.2, 0) is 6.42 Å². The molecule has 0 spiro atoms. The molecule has 0 amide bonds. The fourth-order valence-electron chi connectivity index (χ4n) is 3.76. The van der Waals surface area contributed by atoms with E-state index in [1.165, 1.54) is 62.9 Å². The molecule has 2 heteroatoms. The largest absolute Gasteiger partial charge is 0.380 e. The Labute approximate surface area is 117 Å². The predicted octanol–water partition coefficient (Wildman–Crippen LogP) is 3.68. The van der Waals surface area contributed by atoms with Crippen LogP contribution in [0, 0.1) is 0 Å². The molecule has 2 heterocycles. The number of nitrogens with one attached hydrogen (secondary N) is 1. The number of anilines is 1. The number of rotatable bonds is 4. The van der Waals surface area contributed by atoms with Crippen molar-refractivity contribution in [1.29, 1.82) is 0 Å². The Balaban J connectivity index is 1.71. The normalized spacial score (nSPS) is 27.2. The first-order chi connectivity index (χ1) is 9.38. The van der Waals surface area contributed by atoms with Crippen molar-refractivity contribution in [3.8, 4) is 0 Å². The minimum absolute atomic E-state index is 0.665. The summed E-state index contributed by atoms with van der Waals surface area (Å²) in [6.07, 6.45) is 7.91. The first-order valence-electron chi connectivity index (χ1n) is 7.97. The number of para-hydroxylation sites is 1. The summed E-state index contributed by atoms with van der Waals surface area (Å²) >= 11 is 0. The van der Waals surface area contributed by atoms with E-state index in [0.29, 0.717) is 6.04 Å². The quantitative estimate of drug-likeness (QED) is 0.886. The molecule has 19 heavy (non-hydrogen) atoms. The molecule has 2 saturated heterocycles. The lowest BCUT2D eigenvalue weighted by atomic mass is 9.98. The van der Waals surface area contributed by atoms with Crippen molar-refractivity contribution < 1.29 is 0 Å². The van der Waals surface area contributed by atoms with E-state index in [2.05, 4.69) is 41.4 Å². The first-order valence-corrected chi connectivity index (χ1v) is 7.97. The van der Waals surface area contributed by atoms with Crippen molar-refractivity contribution in [1.82, 2.24) is 4.90 Å². The third kappa shape index (κ3) is 2.79. The molecule has 0 radical (unpaired) electrons. The molecule has 1 N–H and O–H groups in total. The van der Waals surface area contributed by atoms with E-state index >= 15 is 0 Å². The molecule has 2 aliphatic rings. The number of piperidine rings is 1. The summed E-state index contributed by atoms with van der Waals surface area (Å²) in [5.41, 5.74) is 2.86. The number of aryl methyl sites for hydroxylation is 1. The molecule has 0 bridgehead atoms.